The van der Waals surface area contributed by atoms with Crippen molar-refractivity contribution in [1.29, 1.82) is 0 Å². The molecule has 1 N–H and O–H groups in total. The van der Waals surface area contributed by atoms with E-state index in [9.17, 15) is 4.79 Å². The van der Waals surface area contributed by atoms with Gasteiger partial charge < -0.3 is 4.90 Å². The quantitative estimate of drug-likeness (QED) is 0.729. The van der Waals surface area contributed by atoms with Gasteiger partial charge in [0.05, 0.1) is 12.7 Å². The Hall–Kier alpha value is -0.570. The van der Waals surface area contributed by atoms with E-state index in [1.165, 1.54) is 0 Å². The van der Waals surface area contributed by atoms with E-state index in [0.29, 0.717) is 12.6 Å². The number of hydrogen-bond acceptors (Lipinski definition) is 2. The summed E-state index contributed by atoms with van der Waals surface area (Å²) in [5, 5.41) is 3.28. The third kappa shape index (κ3) is 2.27. The van der Waals surface area contributed by atoms with Crippen LogP contribution < -0.4 is 5.32 Å². The SMILES string of the molecule is CCCC1NCC(=O)N1C(CC)CC. The molecule has 3 heteroatoms. The minimum atomic E-state index is 0.275. The van der Waals surface area contributed by atoms with Gasteiger partial charge >= 0.3 is 0 Å². The van der Waals surface area contributed by atoms with Crippen molar-refractivity contribution in [3.05, 3.63) is 0 Å². The lowest BCUT2D eigenvalue weighted by Gasteiger charge is -2.31. The molecule has 0 aromatic heterocycles. The molecule has 1 saturated heterocycles. The number of hydrogen-bond donors (Lipinski definition) is 1. The normalized spacial score (nSPS) is 22.4. The zero-order valence-electron chi connectivity index (χ0n) is 9.55. The van der Waals surface area contributed by atoms with Gasteiger partial charge in [-0.25, -0.2) is 0 Å². The minimum Gasteiger partial charge on any atom is -0.323 e. The number of amides is 1. The number of nitrogens with zero attached hydrogens (tertiary/aromatic N) is 1. The summed E-state index contributed by atoms with van der Waals surface area (Å²) in [4.78, 5) is 13.7. The first-order valence-electron chi connectivity index (χ1n) is 5.79. The molecule has 0 aliphatic carbocycles. The standard InChI is InChI=1S/C11H22N2O/c1-4-7-10-12-8-11(14)13(10)9(5-2)6-3/h9-10,12H,4-8H2,1-3H3. The highest BCUT2D eigenvalue weighted by Gasteiger charge is 2.33. The summed E-state index contributed by atoms with van der Waals surface area (Å²) in [6, 6.07) is 0.425. The lowest BCUT2D eigenvalue weighted by molar-refractivity contribution is -0.130. The van der Waals surface area contributed by atoms with Crippen molar-refractivity contribution in [2.75, 3.05) is 6.54 Å². The second-order valence-corrected chi connectivity index (χ2v) is 3.96. The van der Waals surface area contributed by atoms with Crippen molar-refractivity contribution >= 4 is 5.91 Å². The van der Waals surface area contributed by atoms with Crippen LogP contribution in [0.1, 0.15) is 46.5 Å². The van der Waals surface area contributed by atoms with Gasteiger partial charge in [-0.1, -0.05) is 27.2 Å². The predicted octanol–water partition coefficient (Wildman–Crippen LogP) is 1.73. The van der Waals surface area contributed by atoms with Crippen LogP contribution >= 0.6 is 0 Å². The van der Waals surface area contributed by atoms with Gasteiger partial charge in [0, 0.05) is 6.04 Å². The second kappa shape index (κ2) is 5.35. The molecule has 0 spiro atoms. The summed E-state index contributed by atoms with van der Waals surface area (Å²) in [6.07, 6.45) is 4.61. The smallest absolute Gasteiger partial charge is 0.238 e. The molecule has 3 nitrogen and oxygen atoms in total. The Morgan fingerprint density at radius 3 is 2.57 bits per heavy atom. The molecule has 1 atom stereocenters. The number of rotatable bonds is 5. The molecular weight excluding hydrogens is 176 g/mol. The van der Waals surface area contributed by atoms with Crippen LogP contribution in [0.2, 0.25) is 0 Å². The summed E-state index contributed by atoms with van der Waals surface area (Å²) in [7, 11) is 0. The molecule has 0 aromatic rings. The summed E-state index contributed by atoms with van der Waals surface area (Å²) < 4.78 is 0. The Morgan fingerprint density at radius 1 is 1.43 bits per heavy atom. The van der Waals surface area contributed by atoms with Gasteiger partial charge in [0.2, 0.25) is 5.91 Å². The lowest BCUT2D eigenvalue weighted by atomic mass is 10.1. The van der Waals surface area contributed by atoms with Crippen molar-refractivity contribution in [2.24, 2.45) is 0 Å². The Labute approximate surface area is 86.9 Å². The fourth-order valence-electron chi connectivity index (χ4n) is 2.22. The largest absolute Gasteiger partial charge is 0.323 e. The van der Waals surface area contributed by atoms with E-state index in [-0.39, 0.29) is 12.1 Å². The van der Waals surface area contributed by atoms with Crippen molar-refractivity contribution in [2.45, 2.75) is 58.7 Å². The van der Waals surface area contributed by atoms with Gasteiger partial charge in [-0.2, -0.15) is 0 Å². The van der Waals surface area contributed by atoms with Gasteiger partial charge in [-0.15, -0.1) is 0 Å². The zero-order chi connectivity index (χ0) is 10.6. The molecule has 1 amide bonds. The van der Waals surface area contributed by atoms with Crippen molar-refractivity contribution in [3.63, 3.8) is 0 Å². The van der Waals surface area contributed by atoms with Crippen molar-refractivity contribution < 1.29 is 4.79 Å². The molecule has 1 aliphatic rings. The number of carbonyl (C=O) groups is 1. The van der Waals surface area contributed by atoms with E-state index < -0.39 is 0 Å². The van der Waals surface area contributed by atoms with E-state index in [4.69, 9.17) is 0 Å². The van der Waals surface area contributed by atoms with Gasteiger partial charge in [0.1, 0.15) is 0 Å². The highest BCUT2D eigenvalue weighted by molar-refractivity contribution is 5.81. The first-order valence-corrected chi connectivity index (χ1v) is 5.79. The molecule has 1 rings (SSSR count). The lowest BCUT2D eigenvalue weighted by Crippen LogP contribution is -2.44. The zero-order valence-corrected chi connectivity index (χ0v) is 9.55. The molecule has 0 radical (unpaired) electrons. The monoisotopic (exact) mass is 198 g/mol. The maximum absolute atomic E-state index is 11.7. The molecule has 0 aromatic carbocycles. The third-order valence-electron chi connectivity index (χ3n) is 3.01. The Morgan fingerprint density at radius 2 is 2.07 bits per heavy atom. The van der Waals surface area contributed by atoms with Crippen molar-refractivity contribution in [3.8, 4) is 0 Å². The molecule has 0 bridgehead atoms. The average Bonchev–Trinajstić information content (AvgIpc) is 2.53. The van der Waals surface area contributed by atoms with Crippen LogP contribution in [0, 0.1) is 0 Å². The Balaban J connectivity index is 2.64. The molecule has 0 saturated carbocycles. The predicted molar refractivity (Wildman–Crippen MR) is 57.9 cm³/mol. The van der Waals surface area contributed by atoms with Crippen LogP contribution in [0.5, 0.6) is 0 Å². The van der Waals surface area contributed by atoms with E-state index in [2.05, 4.69) is 31.0 Å². The Kier molecular flexibility index (Phi) is 4.39. The van der Waals surface area contributed by atoms with Crippen LogP contribution in [-0.4, -0.2) is 29.6 Å². The number of carbonyl (C=O) groups excluding carboxylic acids is 1. The van der Waals surface area contributed by atoms with Crippen LogP contribution in [0.4, 0.5) is 0 Å². The topological polar surface area (TPSA) is 32.3 Å². The van der Waals surface area contributed by atoms with Crippen LogP contribution in [0.15, 0.2) is 0 Å². The van der Waals surface area contributed by atoms with Crippen molar-refractivity contribution in [1.82, 2.24) is 10.2 Å². The number of nitrogens with one attached hydrogen (secondary N) is 1. The molecule has 14 heavy (non-hydrogen) atoms. The summed E-state index contributed by atoms with van der Waals surface area (Å²) in [5.41, 5.74) is 0. The summed E-state index contributed by atoms with van der Waals surface area (Å²) >= 11 is 0. The second-order valence-electron chi connectivity index (χ2n) is 3.96. The molecule has 1 aliphatic heterocycles. The van der Waals surface area contributed by atoms with E-state index in [1.807, 2.05) is 0 Å². The first-order chi connectivity index (χ1) is 6.74. The maximum atomic E-state index is 11.7. The first kappa shape index (κ1) is 11.5. The van der Waals surface area contributed by atoms with Gasteiger partial charge in [0.25, 0.3) is 0 Å². The Bertz CT molecular complexity index is 190. The van der Waals surface area contributed by atoms with E-state index in [1.54, 1.807) is 0 Å². The molecule has 1 unspecified atom stereocenters. The summed E-state index contributed by atoms with van der Waals surface area (Å²) in [5.74, 6) is 0.275. The van der Waals surface area contributed by atoms with Gasteiger partial charge in [-0.3, -0.25) is 10.1 Å². The summed E-state index contributed by atoms with van der Waals surface area (Å²) in [6.45, 7) is 7.00. The molecule has 1 heterocycles. The molecule has 1 fully saturated rings. The van der Waals surface area contributed by atoms with E-state index in [0.717, 1.165) is 25.7 Å². The van der Waals surface area contributed by atoms with Crippen LogP contribution in [0.3, 0.4) is 0 Å². The van der Waals surface area contributed by atoms with Crippen LogP contribution in [0.25, 0.3) is 0 Å². The van der Waals surface area contributed by atoms with Gasteiger partial charge in [-0.05, 0) is 19.3 Å². The molecule has 82 valence electrons. The molecular formula is C11H22N2O. The fraction of sp³-hybridized carbons (Fsp3) is 0.909. The highest BCUT2D eigenvalue weighted by atomic mass is 16.2. The van der Waals surface area contributed by atoms with Crippen LogP contribution in [-0.2, 0) is 4.79 Å². The fourth-order valence-corrected chi connectivity index (χ4v) is 2.22. The highest BCUT2D eigenvalue weighted by Crippen LogP contribution is 2.18. The van der Waals surface area contributed by atoms with Gasteiger partial charge in [0.15, 0.2) is 0 Å². The minimum absolute atomic E-state index is 0.275. The maximum Gasteiger partial charge on any atom is 0.238 e. The third-order valence-corrected chi connectivity index (χ3v) is 3.01. The average molecular weight is 198 g/mol. The van der Waals surface area contributed by atoms with E-state index >= 15 is 0 Å².